The second-order valence-electron chi connectivity index (χ2n) is 4.43. The average molecular weight is 288 g/mol. The molecule has 0 radical (unpaired) electrons. The maximum Gasteiger partial charge on any atom is 0.311 e. The molecule has 4 nitrogen and oxygen atoms in total. The fourth-order valence-corrected chi connectivity index (χ4v) is 2.18. The fourth-order valence-electron chi connectivity index (χ4n) is 1.65. The van der Waals surface area contributed by atoms with E-state index in [0.717, 1.165) is 0 Å². The molecule has 1 aliphatic carbocycles. The molecule has 0 atom stereocenters. The zero-order valence-electron chi connectivity index (χ0n) is 9.37. The summed E-state index contributed by atoms with van der Waals surface area (Å²) < 4.78 is 0. The zero-order valence-corrected chi connectivity index (χ0v) is 10.9. The molecule has 1 aliphatic rings. The van der Waals surface area contributed by atoms with Gasteiger partial charge in [0, 0.05) is 22.2 Å². The van der Waals surface area contributed by atoms with Gasteiger partial charge in [0.05, 0.1) is 5.41 Å². The molecule has 0 bridgehead atoms. The van der Waals surface area contributed by atoms with Gasteiger partial charge in [-0.05, 0) is 31.0 Å². The third-order valence-corrected chi connectivity index (χ3v) is 3.46. The van der Waals surface area contributed by atoms with Crippen molar-refractivity contribution in [3.63, 3.8) is 0 Å². The smallest absolute Gasteiger partial charge is 0.311 e. The molecule has 0 saturated heterocycles. The monoisotopic (exact) mass is 287 g/mol. The molecule has 1 fully saturated rings. The third-order valence-electron chi connectivity index (χ3n) is 3.02. The molecule has 2 N–H and O–H groups in total. The largest absolute Gasteiger partial charge is 0.481 e. The first kappa shape index (κ1) is 13.2. The van der Waals surface area contributed by atoms with Gasteiger partial charge in [-0.15, -0.1) is 0 Å². The van der Waals surface area contributed by atoms with Crippen molar-refractivity contribution in [1.29, 1.82) is 0 Å². The summed E-state index contributed by atoms with van der Waals surface area (Å²) in [5.74, 6) is -1.24. The predicted octanol–water partition coefficient (Wildman–Crippen LogP) is 2.59. The third kappa shape index (κ3) is 2.76. The van der Waals surface area contributed by atoms with Crippen LogP contribution in [0.2, 0.25) is 10.0 Å². The van der Waals surface area contributed by atoms with Crippen LogP contribution in [0.3, 0.4) is 0 Å². The second kappa shape index (κ2) is 4.78. The molecule has 0 unspecified atom stereocenters. The van der Waals surface area contributed by atoms with Crippen LogP contribution in [0.5, 0.6) is 0 Å². The molecular weight excluding hydrogens is 277 g/mol. The Hall–Kier alpha value is -1.26. The minimum Gasteiger partial charge on any atom is -0.481 e. The van der Waals surface area contributed by atoms with Crippen LogP contribution in [0, 0.1) is 5.41 Å². The Bertz CT molecular complexity index is 492. The number of benzene rings is 1. The fraction of sp³-hybridized carbons (Fsp3) is 0.333. The van der Waals surface area contributed by atoms with E-state index in [4.69, 9.17) is 28.3 Å². The molecule has 18 heavy (non-hydrogen) atoms. The summed E-state index contributed by atoms with van der Waals surface area (Å²) in [5, 5.41) is 12.3. The Balaban J connectivity index is 2.02. The van der Waals surface area contributed by atoms with E-state index in [2.05, 4.69) is 5.32 Å². The van der Waals surface area contributed by atoms with E-state index in [9.17, 15) is 9.59 Å². The molecule has 96 valence electrons. The van der Waals surface area contributed by atoms with E-state index in [0.29, 0.717) is 28.5 Å². The first-order chi connectivity index (χ1) is 8.43. The quantitative estimate of drug-likeness (QED) is 0.895. The number of rotatable bonds is 4. The van der Waals surface area contributed by atoms with Crippen LogP contribution in [-0.2, 0) is 4.79 Å². The molecule has 1 amide bonds. The molecule has 1 aromatic rings. The lowest BCUT2D eigenvalue weighted by molar-refractivity contribution is -0.143. The van der Waals surface area contributed by atoms with Crippen LogP contribution >= 0.6 is 23.2 Å². The van der Waals surface area contributed by atoms with E-state index in [1.807, 2.05) is 0 Å². The minimum absolute atomic E-state index is 0.130. The highest BCUT2D eigenvalue weighted by Crippen LogP contribution is 2.45. The van der Waals surface area contributed by atoms with Crippen molar-refractivity contribution >= 4 is 35.1 Å². The molecular formula is C12H11Cl2NO3. The number of carbonyl (C=O) groups is 2. The van der Waals surface area contributed by atoms with E-state index >= 15 is 0 Å². The number of aliphatic carboxylic acids is 1. The van der Waals surface area contributed by atoms with Gasteiger partial charge in [-0.2, -0.15) is 0 Å². The van der Waals surface area contributed by atoms with Crippen LogP contribution < -0.4 is 5.32 Å². The van der Waals surface area contributed by atoms with Crippen LogP contribution in [0.15, 0.2) is 18.2 Å². The van der Waals surface area contributed by atoms with Gasteiger partial charge in [0.15, 0.2) is 0 Å². The Labute approximate surface area is 114 Å². The molecule has 0 aromatic heterocycles. The van der Waals surface area contributed by atoms with Crippen molar-refractivity contribution in [3.8, 4) is 0 Å². The molecule has 0 aliphatic heterocycles. The van der Waals surface area contributed by atoms with Gasteiger partial charge in [-0.1, -0.05) is 23.2 Å². The van der Waals surface area contributed by atoms with Crippen LogP contribution in [0.25, 0.3) is 0 Å². The molecule has 0 spiro atoms. The number of amides is 1. The van der Waals surface area contributed by atoms with Gasteiger partial charge in [-0.25, -0.2) is 0 Å². The summed E-state index contributed by atoms with van der Waals surface area (Å²) in [7, 11) is 0. The van der Waals surface area contributed by atoms with Crippen LogP contribution in [0.1, 0.15) is 23.2 Å². The number of hydrogen-bond donors (Lipinski definition) is 2. The summed E-state index contributed by atoms with van der Waals surface area (Å²) >= 11 is 11.6. The van der Waals surface area contributed by atoms with Gasteiger partial charge in [-0.3, -0.25) is 9.59 Å². The van der Waals surface area contributed by atoms with Gasteiger partial charge in [0.2, 0.25) is 0 Å². The number of carboxylic acids is 1. The Morgan fingerprint density at radius 3 is 2.22 bits per heavy atom. The maximum atomic E-state index is 11.8. The molecule has 1 saturated carbocycles. The number of halogens is 2. The standard InChI is InChI=1S/C12H11Cl2NO3/c13-8-3-7(4-9(14)5-8)10(16)15-6-12(1-2-12)11(17)18/h3-5H,1-2,6H2,(H,15,16)(H,17,18). The lowest BCUT2D eigenvalue weighted by Gasteiger charge is -2.11. The molecule has 2 rings (SSSR count). The molecule has 0 heterocycles. The van der Waals surface area contributed by atoms with Crippen molar-refractivity contribution in [2.75, 3.05) is 6.54 Å². The highest BCUT2D eigenvalue weighted by Gasteiger charge is 2.50. The SMILES string of the molecule is O=C(NCC1(C(=O)O)CC1)c1cc(Cl)cc(Cl)c1. The summed E-state index contributed by atoms with van der Waals surface area (Å²) in [6, 6.07) is 4.51. The Kier molecular flexibility index (Phi) is 3.50. The molecule has 1 aromatic carbocycles. The lowest BCUT2D eigenvalue weighted by atomic mass is 10.1. The van der Waals surface area contributed by atoms with Crippen molar-refractivity contribution in [1.82, 2.24) is 5.32 Å². The number of nitrogens with one attached hydrogen (secondary N) is 1. The van der Waals surface area contributed by atoms with Crippen molar-refractivity contribution in [2.24, 2.45) is 5.41 Å². The van der Waals surface area contributed by atoms with E-state index in [1.165, 1.54) is 18.2 Å². The maximum absolute atomic E-state index is 11.8. The highest BCUT2D eigenvalue weighted by atomic mass is 35.5. The molecule has 6 heteroatoms. The number of carboxylic acid groups (broad SMARTS) is 1. The lowest BCUT2D eigenvalue weighted by Crippen LogP contribution is -2.34. The Morgan fingerprint density at radius 1 is 1.22 bits per heavy atom. The topological polar surface area (TPSA) is 66.4 Å². The predicted molar refractivity (Wildman–Crippen MR) is 68.1 cm³/mol. The normalized spacial score (nSPS) is 16.1. The van der Waals surface area contributed by atoms with E-state index in [-0.39, 0.29) is 12.5 Å². The summed E-state index contributed by atoms with van der Waals surface area (Å²) in [6.45, 7) is 0.130. The minimum atomic E-state index is -0.869. The zero-order chi connectivity index (χ0) is 13.3. The average Bonchev–Trinajstić information content (AvgIpc) is 3.05. The van der Waals surface area contributed by atoms with Crippen molar-refractivity contribution in [3.05, 3.63) is 33.8 Å². The van der Waals surface area contributed by atoms with Crippen LogP contribution in [0.4, 0.5) is 0 Å². The number of carbonyl (C=O) groups excluding carboxylic acids is 1. The summed E-state index contributed by atoms with van der Waals surface area (Å²) in [4.78, 5) is 22.8. The second-order valence-corrected chi connectivity index (χ2v) is 5.30. The van der Waals surface area contributed by atoms with Crippen molar-refractivity contribution < 1.29 is 14.7 Å². The first-order valence-electron chi connectivity index (χ1n) is 5.41. The van der Waals surface area contributed by atoms with E-state index in [1.54, 1.807) is 0 Å². The summed E-state index contributed by atoms with van der Waals surface area (Å²) in [5.41, 5.74) is -0.452. The van der Waals surface area contributed by atoms with Crippen molar-refractivity contribution in [2.45, 2.75) is 12.8 Å². The van der Waals surface area contributed by atoms with E-state index < -0.39 is 11.4 Å². The van der Waals surface area contributed by atoms with Gasteiger partial charge < -0.3 is 10.4 Å². The summed E-state index contributed by atoms with van der Waals surface area (Å²) in [6.07, 6.45) is 1.19. The Morgan fingerprint density at radius 2 is 1.78 bits per heavy atom. The van der Waals surface area contributed by atoms with Gasteiger partial charge in [0.25, 0.3) is 5.91 Å². The first-order valence-corrected chi connectivity index (χ1v) is 6.16. The highest BCUT2D eigenvalue weighted by molar-refractivity contribution is 6.35. The van der Waals surface area contributed by atoms with Gasteiger partial charge in [0.1, 0.15) is 0 Å². The van der Waals surface area contributed by atoms with Crippen LogP contribution in [-0.4, -0.2) is 23.5 Å². The number of hydrogen-bond acceptors (Lipinski definition) is 2. The van der Waals surface area contributed by atoms with Gasteiger partial charge >= 0.3 is 5.97 Å².